The van der Waals surface area contributed by atoms with Crippen LogP contribution < -0.4 is 10.2 Å². The van der Waals surface area contributed by atoms with Crippen LogP contribution in [0.5, 0.6) is 5.75 Å². The number of ether oxygens (including phenoxy) is 1. The Balaban J connectivity index is 1.76. The van der Waals surface area contributed by atoms with Crippen molar-refractivity contribution in [2.24, 2.45) is 5.10 Å². The third-order valence-corrected chi connectivity index (χ3v) is 4.40. The number of nitrogens with one attached hydrogen (secondary N) is 1. The number of hydrogen-bond donors (Lipinski definition) is 1. The van der Waals surface area contributed by atoms with Crippen LogP contribution >= 0.6 is 27.5 Å². The van der Waals surface area contributed by atoms with E-state index in [1.807, 2.05) is 47.2 Å². The summed E-state index contributed by atoms with van der Waals surface area (Å²) in [5, 5.41) is 4.73. The van der Waals surface area contributed by atoms with Gasteiger partial charge in [-0.3, -0.25) is 4.79 Å². The van der Waals surface area contributed by atoms with Crippen LogP contribution in [0.15, 0.2) is 70.4 Å². The minimum Gasteiger partial charge on any atom is -0.496 e. The van der Waals surface area contributed by atoms with Crippen molar-refractivity contribution in [3.63, 3.8) is 0 Å². The third kappa shape index (κ3) is 4.15. The number of hydrogen-bond acceptors (Lipinski definition) is 3. The summed E-state index contributed by atoms with van der Waals surface area (Å²) < 4.78 is 7.93. The van der Waals surface area contributed by atoms with E-state index >= 15 is 0 Å². The van der Waals surface area contributed by atoms with Crippen molar-refractivity contribution in [1.82, 2.24) is 9.99 Å². The zero-order valence-electron chi connectivity index (χ0n) is 13.8. The Labute approximate surface area is 164 Å². The van der Waals surface area contributed by atoms with Crippen LogP contribution in [0.4, 0.5) is 0 Å². The Morgan fingerprint density at radius 3 is 2.73 bits per heavy atom. The van der Waals surface area contributed by atoms with Gasteiger partial charge in [-0.2, -0.15) is 5.10 Å². The average molecular weight is 433 g/mol. The Hall–Kier alpha value is -2.57. The van der Waals surface area contributed by atoms with Gasteiger partial charge in [-0.25, -0.2) is 5.43 Å². The second-order valence-corrected chi connectivity index (χ2v) is 6.68. The van der Waals surface area contributed by atoms with Crippen molar-refractivity contribution in [2.75, 3.05) is 7.11 Å². The summed E-state index contributed by atoms with van der Waals surface area (Å²) in [5.41, 5.74) is 4.68. The zero-order valence-corrected chi connectivity index (χ0v) is 16.2. The van der Waals surface area contributed by atoms with E-state index in [1.54, 1.807) is 24.4 Å². The molecule has 1 heterocycles. The van der Waals surface area contributed by atoms with E-state index in [-0.39, 0.29) is 5.91 Å². The first-order valence-corrected chi connectivity index (χ1v) is 8.86. The summed E-state index contributed by atoms with van der Waals surface area (Å²) in [4.78, 5) is 12.4. The zero-order chi connectivity index (χ0) is 18.5. The van der Waals surface area contributed by atoms with Gasteiger partial charge in [0.05, 0.1) is 24.6 Å². The molecule has 1 N–H and O–H groups in total. The summed E-state index contributed by atoms with van der Waals surface area (Å²) in [7, 11) is 1.52. The van der Waals surface area contributed by atoms with Gasteiger partial charge in [0.1, 0.15) is 5.75 Å². The molecular weight excluding hydrogens is 418 g/mol. The van der Waals surface area contributed by atoms with Crippen molar-refractivity contribution in [2.45, 2.75) is 0 Å². The molecule has 0 radical (unpaired) electrons. The fourth-order valence-corrected chi connectivity index (χ4v) is 2.90. The molecule has 0 saturated carbocycles. The lowest BCUT2D eigenvalue weighted by atomic mass is 10.2. The van der Waals surface area contributed by atoms with E-state index in [2.05, 4.69) is 26.5 Å². The van der Waals surface area contributed by atoms with E-state index in [9.17, 15) is 4.79 Å². The van der Waals surface area contributed by atoms with Gasteiger partial charge < -0.3 is 9.30 Å². The topological polar surface area (TPSA) is 55.6 Å². The van der Waals surface area contributed by atoms with Gasteiger partial charge in [-0.15, -0.1) is 0 Å². The third-order valence-electron chi connectivity index (χ3n) is 3.65. The molecule has 0 saturated heterocycles. The summed E-state index contributed by atoms with van der Waals surface area (Å²) in [5.74, 6) is 0.120. The average Bonchev–Trinajstić information content (AvgIpc) is 3.10. The Morgan fingerprint density at radius 1 is 1.23 bits per heavy atom. The number of benzene rings is 2. The van der Waals surface area contributed by atoms with Crippen LogP contribution in [0.25, 0.3) is 5.69 Å². The van der Waals surface area contributed by atoms with Gasteiger partial charge in [0, 0.05) is 21.4 Å². The second kappa shape index (κ2) is 8.21. The van der Waals surface area contributed by atoms with Crippen LogP contribution in [0.1, 0.15) is 16.1 Å². The van der Waals surface area contributed by atoms with Gasteiger partial charge in [0.25, 0.3) is 5.91 Å². The summed E-state index contributed by atoms with van der Waals surface area (Å²) in [6.07, 6.45) is 3.49. The highest BCUT2D eigenvalue weighted by Gasteiger charge is 2.12. The number of rotatable bonds is 5. The van der Waals surface area contributed by atoms with E-state index in [4.69, 9.17) is 16.3 Å². The summed E-state index contributed by atoms with van der Waals surface area (Å²) >= 11 is 9.28. The molecule has 1 aromatic heterocycles. The van der Waals surface area contributed by atoms with Crippen molar-refractivity contribution in [3.8, 4) is 11.4 Å². The van der Waals surface area contributed by atoms with Gasteiger partial charge in [0.15, 0.2) is 0 Å². The van der Waals surface area contributed by atoms with Gasteiger partial charge >= 0.3 is 0 Å². The van der Waals surface area contributed by atoms with Crippen molar-refractivity contribution in [3.05, 3.63) is 81.5 Å². The molecule has 0 bridgehead atoms. The minimum atomic E-state index is -0.357. The molecule has 0 aliphatic heterocycles. The Bertz CT molecular complexity index is 952. The smallest absolute Gasteiger partial charge is 0.275 e. The standard InChI is InChI=1S/C19H15BrClN3O2/c1-26-18-9-4-13(20)11-17(18)19(25)23-22-12-16-3-2-10-24(16)15-7-5-14(21)6-8-15/h2-12H,1H3,(H,23,25)/b22-12+. The number of nitrogens with zero attached hydrogens (tertiary/aromatic N) is 2. The lowest BCUT2D eigenvalue weighted by Crippen LogP contribution is -2.18. The Kier molecular flexibility index (Phi) is 5.75. The van der Waals surface area contributed by atoms with Crippen LogP contribution in [0.2, 0.25) is 5.02 Å². The molecule has 0 spiro atoms. The van der Waals surface area contributed by atoms with Crippen LogP contribution in [-0.4, -0.2) is 23.8 Å². The fourth-order valence-electron chi connectivity index (χ4n) is 2.41. The molecule has 7 heteroatoms. The van der Waals surface area contributed by atoms with E-state index in [0.29, 0.717) is 16.3 Å². The predicted molar refractivity (Wildman–Crippen MR) is 107 cm³/mol. The highest BCUT2D eigenvalue weighted by atomic mass is 79.9. The van der Waals surface area contributed by atoms with Crippen LogP contribution in [0.3, 0.4) is 0 Å². The van der Waals surface area contributed by atoms with Crippen LogP contribution in [0, 0.1) is 0 Å². The highest BCUT2D eigenvalue weighted by molar-refractivity contribution is 9.10. The SMILES string of the molecule is COc1ccc(Br)cc1C(=O)N/N=C/c1cccn1-c1ccc(Cl)cc1. The number of methoxy groups -OCH3 is 1. The Morgan fingerprint density at radius 2 is 2.00 bits per heavy atom. The van der Waals surface area contributed by atoms with Crippen LogP contribution in [-0.2, 0) is 0 Å². The monoisotopic (exact) mass is 431 g/mol. The van der Waals surface area contributed by atoms with Gasteiger partial charge in [0.2, 0.25) is 0 Å². The first-order valence-electron chi connectivity index (χ1n) is 7.69. The fraction of sp³-hybridized carbons (Fsp3) is 0.0526. The first kappa shape index (κ1) is 18.2. The number of carbonyl (C=O) groups is 1. The number of hydrazone groups is 1. The molecule has 0 unspecified atom stereocenters. The van der Waals surface area contributed by atoms with E-state index < -0.39 is 0 Å². The molecule has 1 amide bonds. The summed E-state index contributed by atoms with van der Waals surface area (Å²) in [6.45, 7) is 0. The quantitative estimate of drug-likeness (QED) is 0.471. The molecule has 0 aliphatic carbocycles. The molecule has 132 valence electrons. The normalized spacial score (nSPS) is 10.9. The minimum absolute atomic E-state index is 0.357. The number of aromatic nitrogens is 1. The van der Waals surface area contributed by atoms with Gasteiger partial charge in [-0.1, -0.05) is 27.5 Å². The maximum absolute atomic E-state index is 12.4. The van der Waals surface area contributed by atoms with E-state index in [1.165, 1.54) is 7.11 Å². The molecular formula is C19H15BrClN3O2. The molecule has 5 nitrogen and oxygen atoms in total. The molecule has 0 aliphatic rings. The number of carbonyl (C=O) groups excluding carboxylic acids is 1. The van der Waals surface area contributed by atoms with Crippen molar-refractivity contribution >= 4 is 39.7 Å². The highest BCUT2D eigenvalue weighted by Crippen LogP contribution is 2.22. The summed E-state index contributed by atoms with van der Waals surface area (Å²) in [6, 6.07) is 16.4. The molecule has 0 fully saturated rings. The maximum atomic E-state index is 12.4. The molecule has 3 aromatic rings. The van der Waals surface area contributed by atoms with Crippen molar-refractivity contribution < 1.29 is 9.53 Å². The predicted octanol–water partition coefficient (Wildman–Crippen LogP) is 4.67. The first-order chi connectivity index (χ1) is 12.6. The van der Waals surface area contributed by atoms with E-state index in [0.717, 1.165) is 15.9 Å². The molecule has 2 aromatic carbocycles. The molecule has 26 heavy (non-hydrogen) atoms. The second-order valence-electron chi connectivity index (χ2n) is 5.32. The number of halogens is 2. The maximum Gasteiger partial charge on any atom is 0.275 e. The molecule has 3 rings (SSSR count). The largest absolute Gasteiger partial charge is 0.496 e. The number of amides is 1. The van der Waals surface area contributed by atoms with Crippen molar-refractivity contribution in [1.29, 1.82) is 0 Å². The lowest BCUT2D eigenvalue weighted by molar-refractivity contribution is 0.0952. The van der Waals surface area contributed by atoms with Gasteiger partial charge in [-0.05, 0) is 54.6 Å². The molecule has 0 atom stereocenters. The lowest BCUT2D eigenvalue weighted by Gasteiger charge is -2.08.